The normalized spacial score (nSPS) is 10.4. The topological polar surface area (TPSA) is 121 Å². The lowest BCUT2D eigenvalue weighted by Gasteiger charge is -2.24. The molecular weight excluding hydrogens is 573 g/mol. The summed E-state index contributed by atoms with van der Waals surface area (Å²) in [6.07, 6.45) is 2.89. The number of ether oxygens (including phenoxy) is 3. The van der Waals surface area contributed by atoms with Crippen LogP contribution in [-0.2, 0) is 13.1 Å². The molecule has 0 fully saturated rings. The molecule has 10 nitrogen and oxygen atoms in total. The van der Waals surface area contributed by atoms with Crippen molar-refractivity contribution in [3.05, 3.63) is 107 Å². The summed E-state index contributed by atoms with van der Waals surface area (Å²) in [6, 6.07) is 20.5. The van der Waals surface area contributed by atoms with Crippen LogP contribution in [0.25, 0.3) is 11.4 Å². The van der Waals surface area contributed by atoms with E-state index in [0.717, 1.165) is 22.6 Å². The van der Waals surface area contributed by atoms with Gasteiger partial charge in [0.25, 0.3) is 0 Å². The van der Waals surface area contributed by atoms with E-state index < -0.39 is 5.95 Å². The van der Waals surface area contributed by atoms with E-state index in [2.05, 4.69) is 24.9 Å². The lowest BCUT2D eigenvalue weighted by atomic mass is 10.1. The van der Waals surface area contributed by atoms with Crippen molar-refractivity contribution in [1.29, 1.82) is 0 Å². The molecule has 0 radical (unpaired) electrons. The van der Waals surface area contributed by atoms with Crippen LogP contribution in [-0.4, -0.2) is 46.2 Å². The molecule has 0 aliphatic carbocycles. The van der Waals surface area contributed by atoms with E-state index in [1.54, 1.807) is 39.3 Å². The molecule has 5 rings (SSSR count). The van der Waals surface area contributed by atoms with Gasteiger partial charge in [-0.1, -0.05) is 35.9 Å². The number of rotatable bonds is 9. The minimum atomic E-state index is -0.620. The first-order chi connectivity index (χ1) is 20.8. The Labute approximate surface area is 254 Å². The Morgan fingerprint density at radius 1 is 0.814 bits per heavy atom. The second-order valence-electron chi connectivity index (χ2n) is 9.16. The van der Waals surface area contributed by atoms with Gasteiger partial charge in [0.1, 0.15) is 22.3 Å². The van der Waals surface area contributed by atoms with Crippen molar-refractivity contribution in [3.63, 3.8) is 0 Å². The predicted molar refractivity (Wildman–Crippen MR) is 164 cm³/mol. The maximum absolute atomic E-state index is 14.3. The van der Waals surface area contributed by atoms with Crippen LogP contribution in [0.2, 0.25) is 5.02 Å². The summed E-state index contributed by atoms with van der Waals surface area (Å²) in [7, 11) is 4.78. The molecule has 0 aliphatic rings. The first-order valence-electron chi connectivity index (χ1n) is 13.1. The zero-order valence-electron chi connectivity index (χ0n) is 24.2. The summed E-state index contributed by atoms with van der Waals surface area (Å²) < 4.78 is 29.7. The first-order valence-corrected chi connectivity index (χ1v) is 13.5. The van der Waals surface area contributed by atoms with Gasteiger partial charge in [0.2, 0.25) is 17.8 Å². The molecule has 43 heavy (non-hydrogen) atoms. The number of nitrogens with two attached hydrogens (primary N) is 1. The molecule has 12 heteroatoms. The van der Waals surface area contributed by atoms with E-state index in [0.29, 0.717) is 41.5 Å². The molecular formula is C31H31ClFN7O3. The molecule has 2 N–H and O–H groups in total. The van der Waals surface area contributed by atoms with Gasteiger partial charge in [0, 0.05) is 19.3 Å². The number of hydrogen-bond acceptors (Lipinski definition) is 10. The average Bonchev–Trinajstić information content (AvgIpc) is 3.02. The highest BCUT2D eigenvalue weighted by atomic mass is 35.5. The zero-order valence-corrected chi connectivity index (χ0v) is 24.9. The second kappa shape index (κ2) is 14.7. The third-order valence-electron chi connectivity index (χ3n) is 6.11. The van der Waals surface area contributed by atoms with E-state index in [-0.39, 0.29) is 11.4 Å². The van der Waals surface area contributed by atoms with Gasteiger partial charge in [-0.25, -0.2) is 15.0 Å². The molecule has 0 atom stereocenters. The van der Waals surface area contributed by atoms with Crippen molar-refractivity contribution in [2.75, 3.05) is 32.0 Å². The number of anilines is 2. The van der Waals surface area contributed by atoms with Gasteiger partial charge < -0.3 is 24.8 Å². The molecule has 0 saturated heterocycles. The number of nitrogen functional groups attached to an aromatic ring is 1. The van der Waals surface area contributed by atoms with Crippen molar-refractivity contribution >= 4 is 23.2 Å². The second-order valence-corrected chi connectivity index (χ2v) is 9.57. The van der Waals surface area contributed by atoms with Crippen LogP contribution in [0.4, 0.5) is 16.0 Å². The monoisotopic (exact) mass is 603 g/mol. The maximum Gasteiger partial charge on any atom is 0.232 e. The van der Waals surface area contributed by atoms with Crippen LogP contribution in [0.1, 0.15) is 17.0 Å². The van der Waals surface area contributed by atoms with Crippen molar-refractivity contribution in [2.24, 2.45) is 0 Å². The summed E-state index contributed by atoms with van der Waals surface area (Å²) in [5, 5.41) is 0.433. The zero-order chi connectivity index (χ0) is 30.8. The minimum Gasteiger partial charge on any atom is -0.497 e. The number of nitrogens with zero attached hydrogens (tertiary/aromatic N) is 6. The Bertz CT molecular complexity index is 1590. The van der Waals surface area contributed by atoms with Gasteiger partial charge in [-0.3, -0.25) is 0 Å². The Morgan fingerprint density at radius 3 is 1.93 bits per heavy atom. The Balaban J connectivity index is 0.000000359. The number of methoxy groups -OCH3 is 3. The lowest BCUT2D eigenvalue weighted by molar-refractivity contribution is 0.398. The Hall–Kier alpha value is -5.03. The highest BCUT2D eigenvalue weighted by Gasteiger charge is 2.17. The van der Waals surface area contributed by atoms with Crippen LogP contribution in [0.15, 0.2) is 79.1 Å². The largest absolute Gasteiger partial charge is 0.497 e. The number of pyridine rings is 2. The summed E-state index contributed by atoms with van der Waals surface area (Å²) in [5.74, 6) is 2.54. The molecule has 3 aromatic heterocycles. The summed E-state index contributed by atoms with van der Waals surface area (Å²) in [4.78, 5) is 23.1. The van der Waals surface area contributed by atoms with Crippen molar-refractivity contribution < 1.29 is 18.6 Å². The van der Waals surface area contributed by atoms with Crippen molar-refractivity contribution in [1.82, 2.24) is 24.9 Å². The molecule has 0 spiro atoms. The van der Waals surface area contributed by atoms with Crippen LogP contribution in [0.5, 0.6) is 17.4 Å². The van der Waals surface area contributed by atoms with Gasteiger partial charge in [-0.2, -0.15) is 14.4 Å². The molecule has 0 unspecified atom stereocenters. The van der Waals surface area contributed by atoms with Crippen molar-refractivity contribution in [3.8, 4) is 28.8 Å². The Kier molecular flexibility index (Phi) is 10.6. The SMILES string of the molecule is COc1ccc(CN(Cc2ccc(OC)cc2)c2nc(C)nc(-c3cccnc3F)n2)cc1.COc1ncc(N)cc1Cl. The highest BCUT2D eigenvalue weighted by Crippen LogP contribution is 2.24. The predicted octanol–water partition coefficient (Wildman–Crippen LogP) is 5.93. The number of aromatic nitrogens is 5. The number of aryl methyl sites for hydroxylation is 1. The molecule has 2 aromatic carbocycles. The van der Waals surface area contributed by atoms with E-state index in [9.17, 15) is 4.39 Å². The third-order valence-corrected chi connectivity index (χ3v) is 6.38. The van der Waals surface area contributed by atoms with Crippen LogP contribution in [0.3, 0.4) is 0 Å². The lowest BCUT2D eigenvalue weighted by Crippen LogP contribution is -2.25. The van der Waals surface area contributed by atoms with Gasteiger partial charge >= 0.3 is 0 Å². The van der Waals surface area contributed by atoms with Crippen molar-refractivity contribution in [2.45, 2.75) is 20.0 Å². The number of halogens is 2. The fourth-order valence-corrected chi connectivity index (χ4v) is 4.22. The highest BCUT2D eigenvalue weighted by molar-refractivity contribution is 6.32. The Morgan fingerprint density at radius 2 is 1.42 bits per heavy atom. The molecule has 3 heterocycles. The minimum absolute atomic E-state index is 0.234. The average molecular weight is 604 g/mol. The van der Waals surface area contributed by atoms with E-state index >= 15 is 0 Å². The standard InChI is InChI=1S/C25H24FN5O2.C6H7ClN2O/c1-17-28-24(22-5-4-14-27-23(22)26)30-25(29-17)31(15-18-6-10-20(32-2)11-7-18)16-19-8-12-21(33-3)13-9-19;1-10-6-5(7)2-4(8)3-9-6/h4-14H,15-16H2,1-3H3;2-3H,8H2,1H3. The summed E-state index contributed by atoms with van der Waals surface area (Å²) in [5.41, 5.74) is 8.25. The van der Waals surface area contributed by atoms with Gasteiger partial charge in [-0.05, 0) is 60.5 Å². The molecule has 0 bridgehead atoms. The van der Waals surface area contributed by atoms with E-state index in [1.807, 2.05) is 53.4 Å². The van der Waals surface area contributed by atoms with Gasteiger partial charge in [0.15, 0.2) is 5.82 Å². The quantitative estimate of drug-likeness (QED) is 0.203. The molecule has 0 aliphatic heterocycles. The summed E-state index contributed by atoms with van der Waals surface area (Å²) >= 11 is 5.66. The smallest absolute Gasteiger partial charge is 0.232 e. The van der Waals surface area contributed by atoms with Crippen LogP contribution < -0.4 is 24.8 Å². The molecule has 0 amide bonds. The molecule has 5 aromatic rings. The van der Waals surface area contributed by atoms with E-state index in [4.69, 9.17) is 31.5 Å². The fourth-order valence-electron chi connectivity index (χ4n) is 3.97. The van der Waals surface area contributed by atoms with Crippen LogP contribution in [0, 0.1) is 12.9 Å². The van der Waals surface area contributed by atoms with Gasteiger partial charge in [0.05, 0.1) is 38.8 Å². The summed E-state index contributed by atoms with van der Waals surface area (Å²) in [6.45, 7) is 2.84. The molecule has 0 saturated carbocycles. The molecule has 222 valence electrons. The maximum atomic E-state index is 14.3. The van der Waals surface area contributed by atoms with Crippen LogP contribution >= 0.6 is 11.6 Å². The first kappa shape index (κ1) is 30.9. The number of hydrogen-bond donors (Lipinski definition) is 1. The fraction of sp³-hybridized carbons (Fsp3) is 0.194. The van der Waals surface area contributed by atoms with Gasteiger partial charge in [-0.15, -0.1) is 0 Å². The third kappa shape index (κ3) is 8.49. The number of benzene rings is 2. The van der Waals surface area contributed by atoms with E-state index in [1.165, 1.54) is 19.5 Å².